The molecular weight excluding hydrogens is 357 g/mol. The zero-order chi connectivity index (χ0) is 16.1. The quantitative estimate of drug-likeness (QED) is 0.731. The molecule has 2 heterocycles. The van der Waals surface area contributed by atoms with Crippen molar-refractivity contribution in [3.05, 3.63) is 28.9 Å². The summed E-state index contributed by atoms with van der Waals surface area (Å²) in [6, 6.07) is 5.80. The van der Waals surface area contributed by atoms with E-state index >= 15 is 0 Å². The van der Waals surface area contributed by atoms with Gasteiger partial charge in [0.25, 0.3) is 0 Å². The molecule has 1 N–H and O–H groups in total. The van der Waals surface area contributed by atoms with Gasteiger partial charge in [-0.2, -0.15) is 4.37 Å². The van der Waals surface area contributed by atoms with Crippen LogP contribution in [0.1, 0.15) is 12.1 Å². The van der Waals surface area contributed by atoms with E-state index < -0.39 is 12.1 Å². The Hall–Kier alpha value is -1.57. The van der Waals surface area contributed by atoms with Crippen LogP contribution in [0, 0.1) is 12.8 Å². The van der Waals surface area contributed by atoms with Gasteiger partial charge in [0.05, 0.1) is 31.7 Å². The molecule has 0 bridgehead atoms. The lowest BCUT2D eigenvalue weighted by atomic mass is 10.2. The lowest BCUT2D eigenvalue weighted by Gasteiger charge is -1.97. The van der Waals surface area contributed by atoms with Crippen LogP contribution in [-0.4, -0.2) is 21.4 Å². The third-order valence-electron chi connectivity index (χ3n) is 3.72. The molecule has 1 unspecified atom stereocenters. The van der Waals surface area contributed by atoms with E-state index in [9.17, 15) is 9.18 Å². The Balaban J connectivity index is 1.64. The van der Waals surface area contributed by atoms with Crippen molar-refractivity contribution in [1.82, 2.24) is 9.36 Å². The van der Waals surface area contributed by atoms with Gasteiger partial charge in [0, 0.05) is 0 Å². The van der Waals surface area contributed by atoms with Crippen LogP contribution >= 0.6 is 34.5 Å². The minimum absolute atomic E-state index is 0.294. The van der Waals surface area contributed by atoms with Gasteiger partial charge in [-0.1, -0.05) is 29.0 Å². The molecule has 2 aromatic heterocycles. The molecule has 1 aromatic carbocycles. The number of nitrogens with zero attached hydrogens (tertiary/aromatic N) is 2. The molecule has 1 aliphatic rings. The molecule has 118 valence electrons. The molecule has 4 nitrogen and oxygen atoms in total. The molecule has 4 rings (SSSR count). The molecule has 23 heavy (non-hydrogen) atoms. The summed E-state index contributed by atoms with van der Waals surface area (Å²) < 4.78 is 18.1. The highest BCUT2D eigenvalue weighted by molar-refractivity contribution is 7.22. The van der Waals surface area contributed by atoms with Gasteiger partial charge in [-0.25, -0.2) is 9.37 Å². The predicted octanol–water partition coefficient (Wildman–Crippen LogP) is 4.68. The Kier molecular flexibility index (Phi) is 3.59. The molecule has 1 fully saturated rings. The van der Waals surface area contributed by atoms with Gasteiger partial charge < -0.3 is 5.32 Å². The summed E-state index contributed by atoms with van der Waals surface area (Å²) in [5.41, 5.74) is 2.58. The topological polar surface area (TPSA) is 54.9 Å². The van der Waals surface area contributed by atoms with E-state index in [0.717, 1.165) is 26.4 Å². The van der Waals surface area contributed by atoms with E-state index in [2.05, 4.69) is 14.7 Å². The molecular formula is C15H11ClFN3OS2. The summed E-state index contributed by atoms with van der Waals surface area (Å²) in [6.07, 6.45) is -0.697. The fourth-order valence-corrected chi connectivity index (χ4v) is 4.28. The minimum Gasteiger partial charge on any atom is -0.302 e. The van der Waals surface area contributed by atoms with Gasteiger partial charge in [-0.05, 0) is 42.6 Å². The van der Waals surface area contributed by atoms with Crippen LogP contribution in [0.3, 0.4) is 0 Å². The number of rotatable bonds is 3. The van der Waals surface area contributed by atoms with Gasteiger partial charge in [-0.3, -0.25) is 4.79 Å². The Bertz CT molecular complexity index is 923. The van der Waals surface area contributed by atoms with Crippen molar-refractivity contribution in [3.63, 3.8) is 0 Å². The van der Waals surface area contributed by atoms with Crippen LogP contribution in [-0.2, 0) is 4.79 Å². The van der Waals surface area contributed by atoms with Crippen LogP contribution in [0.5, 0.6) is 0 Å². The Morgan fingerprint density at radius 2 is 2.26 bits per heavy atom. The number of benzene rings is 1. The second-order valence-electron chi connectivity index (χ2n) is 5.46. The molecule has 2 atom stereocenters. The molecule has 0 saturated heterocycles. The van der Waals surface area contributed by atoms with E-state index in [1.807, 2.05) is 25.1 Å². The largest absolute Gasteiger partial charge is 0.302 e. The number of aromatic nitrogens is 2. The first-order valence-electron chi connectivity index (χ1n) is 7.00. The summed E-state index contributed by atoms with van der Waals surface area (Å²) in [5.74, 6) is -0.811. The molecule has 1 saturated carbocycles. The van der Waals surface area contributed by atoms with E-state index in [4.69, 9.17) is 11.6 Å². The van der Waals surface area contributed by atoms with E-state index in [1.165, 1.54) is 22.9 Å². The number of amides is 1. The third kappa shape index (κ3) is 2.73. The summed E-state index contributed by atoms with van der Waals surface area (Å²) in [7, 11) is 0. The molecule has 0 aliphatic heterocycles. The maximum Gasteiger partial charge on any atom is 0.232 e. The number of hydrogen-bond acceptors (Lipinski definition) is 5. The summed E-state index contributed by atoms with van der Waals surface area (Å²) in [4.78, 5) is 17.1. The van der Waals surface area contributed by atoms with Crippen molar-refractivity contribution in [2.24, 2.45) is 5.92 Å². The normalized spacial score (nSPS) is 20.0. The van der Waals surface area contributed by atoms with E-state index in [1.54, 1.807) is 0 Å². The van der Waals surface area contributed by atoms with Crippen LogP contribution < -0.4 is 5.32 Å². The fourth-order valence-electron chi connectivity index (χ4n) is 2.29. The Morgan fingerprint density at radius 1 is 1.48 bits per heavy atom. The van der Waals surface area contributed by atoms with Crippen molar-refractivity contribution in [2.75, 3.05) is 5.32 Å². The molecule has 1 amide bonds. The number of fused-ring (bicyclic) bond motifs is 1. The number of alkyl halides is 1. The number of hydrogen-bond donors (Lipinski definition) is 1. The lowest BCUT2D eigenvalue weighted by Crippen LogP contribution is -2.14. The highest BCUT2D eigenvalue weighted by Crippen LogP contribution is 2.38. The second kappa shape index (κ2) is 5.51. The van der Waals surface area contributed by atoms with Crippen molar-refractivity contribution >= 4 is 55.7 Å². The van der Waals surface area contributed by atoms with Gasteiger partial charge in [0.2, 0.25) is 5.91 Å². The molecule has 3 aromatic rings. The van der Waals surface area contributed by atoms with Crippen LogP contribution in [0.2, 0.25) is 5.02 Å². The van der Waals surface area contributed by atoms with Crippen LogP contribution in [0.25, 0.3) is 20.7 Å². The van der Waals surface area contributed by atoms with Gasteiger partial charge in [0.15, 0.2) is 5.13 Å². The monoisotopic (exact) mass is 367 g/mol. The zero-order valence-corrected chi connectivity index (χ0v) is 14.4. The van der Waals surface area contributed by atoms with Crippen molar-refractivity contribution in [1.29, 1.82) is 0 Å². The molecule has 0 radical (unpaired) electrons. The number of carbonyl (C=O) groups excluding carboxylic acids is 1. The average Bonchev–Trinajstić information content (AvgIpc) is 2.98. The standard InChI is InChI=1S/C15H11ClFN3OS2/c1-6-12(16)13(23-20-6)7-2-3-10-11(4-7)22-15(18-10)19-14(21)8-5-9(8)17/h2-4,8-9H,5H2,1H3,(H,18,19,21)/t8-,9?/m1/s1. The minimum atomic E-state index is -1.01. The van der Waals surface area contributed by atoms with Gasteiger partial charge in [-0.15, -0.1) is 0 Å². The predicted molar refractivity (Wildman–Crippen MR) is 92.1 cm³/mol. The average molecular weight is 368 g/mol. The number of nitrogens with one attached hydrogen (secondary N) is 1. The number of carbonyl (C=O) groups is 1. The third-order valence-corrected chi connectivity index (χ3v) is 6.22. The van der Waals surface area contributed by atoms with Crippen LogP contribution in [0.4, 0.5) is 9.52 Å². The van der Waals surface area contributed by atoms with Crippen molar-refractivity contribution < 1.29 is 9.18 Å². The number of aryl methyl sites for hydroxylation is 1. The first-order valence-corrected chi connectivity index (χ1v) is 8.97. The van der Waals surface area contributed by atoms with Gasteiger partial charge >= 0.3 is 0 Å². The summed E-state index contributed by atoms with van der Waals surface area (Å²) in [6.45, 7) is 1.87. The number of halogens is 2. The highest BCUT2D eigenvalue weighted by atomic mass is 35.5. The summed E-state index contributed by atoms with van der Waals surface area (Å²) >= 11 is 8.99. The van der Waals surface area contributed by atoms with E-state index in [0.29, 0.717) is 16.6 Å². The number of anilines is 1. The maximum atomic E-state index is 12.9. The van der Waals surface area contributed by atoms with Crippen molar-refractivity contribution in [2.45, 2.75) is 19.5 Å². The highest BCUT2D eigenvalue weighted by Gasteiger charge is 2.43. The first-order chi connectivity index (χ1) is 11.0. The van der Waals surface area contributed by atoms with Crippen LogP contribution in [0.15, 0.2) is 18.2 Å². The smallest absolute Gasteiger partial charge is 0.232 e. The Morgan fingerprint density at radius 3 is 2.91 bits per heavy atom. The van der Waals surface area contributed by atoms with E-state index in [-0.39, 0.29) is 5.91 Å². The number of thiazole rings is 1. The SMILES string of the molecule is Cc1nsc(-c2ccc3nc(NC(=O)[C@@H]4CC4F)sc3c2)c1Cl. The van der Waals surface area contributed by atoms with Crippen molar-refractivity contribution in [3.8, 4) is 10.4 Å². The zero-order valence-electron chi connectivity index (χ0n) is 12.0. The summed E-state index contributed by atoms with van der Waals surface area (Å²) in [5, 5.41) is 3.85. The molecule has 1 aliphatic carbocycles. The molecule has 8 heteroatoms. The van der Waals surface area contributed by atoms with Gasteiger partial charge in [0.1, 0.15) is 6.17 Å². The second-order valence-corrected chi connectivity index (χ2v) is 7.64. The fraction of sp³-hybridized carbons (Fsp3) is 0.267. The first kappa shape index (κ1) is 15.0. The Labute approximate surface area is 144 Å². The maximum absolute atomic E-state index is 12.9. The lowest BCUT2D eigenvalue weighted by molar-refractivity contribution is -0.117. The molecule has 0 spiro atoms.